The van der Waals surface area contributed by atoms with Crippen LogP contribution in [0.15, 0.2) is 66.7 Å². The lowest BCUT2D eigenvalue weighted by Crippen LogP contribution is -2.24. The molecule has 0 saturated heterocycles. The van der Waals surface area contributed by atoms with Crippen LogP contribution in [0.1, 0.15) is 27.6 Å². The summed E-state index contributed by atoms with van der Waals surface area (Å²) in [6.45, 7) is 1.58. The minimum atomic E-state index is -0.875. The SMILES string of the molecule is COc1ccc(C(=O)[C@H](C)OC(=O)c2cccc3ccccc23)cc1. The average Bonchev–Trinajstić information content (AvgIpc) is 2.66. The molecule has 126 valence electrons. The van der Waals surface area contributed by atoms with E-state index in [0.717, 1.165) is 10.8 Å². The van der Waals surface area contributed by atoms with Gasteiger partial charge in [-0.2, -0.15) is 0 Å². The highest BCUT2D eigenvalue weighted by molar-refractivity contribution is 6.06. The summed E-state index contributed by atoms with van der Waals surface area (Å²) in [5, 5.41) is 1.75. The summed E-state index contributed by atoms with van der Waals surface area (Å²) in [5.74, 6) is -0.0978. The summed E-state index contributed by atoms with van der Waals surface area (Å²) in [4.78, 5) is 25.0. The third-order valence-electron chi connectivity index (χ3n) is 4.04. The molecule has 0 aliphatic carbocycles. The van der Waals surface area contributed by atoms with Crippen LogP contribution in [-0.2, 0) is 4.74 Å². The van der Waals surface area contributed by atoms with Crippen molar-refractivity contribution in [3.05, 3.63) is 77.9 Å². The largest absolute Gasteiger partial charge is 0.497 e. The van der Waals surface area contributed by atoms with Crippen molar-refractivity contribution >= 4 is 22.5 Å². The van der Waals surface area contributed by atoms with Crippen LogP contribution in [0.3, 0.4) is 0 Å². The number of ketones is 1. The van der Waals surface area contributed by atoms with Crippen LogP contribution in [0.25, 0.3) is 10.8 Å². The van der Waals surface area contributed by atoms with Crippen LogP contribution in [-0.4, -0.2) is 25.0 Å². The maximum Gasteiger partial charge on any atom is 0.339 e. The molecule has 1 atom stereocenters. The van der Waals surface area contributed by atoms with Crippen LogP contribution in [0.5, 0.6) is 5.75 Å². The second-order valence-corrected chi connectivity index (χ2v) is 5.67. The van der Waals surface area contributed by atoms with Gasteiger partial charge in [-0.25, -0.2) is 4.79 Å². The number of hydrogen-bond donors (Lipinski definition) is 0. The zero-order valence-electron chi connectivity index (χ0n) is 14.1. The van der Waals surface area contributed by atoms with Crippen molar-refractivity contribution in [2.75, 3.05) is 7.11 Å². The monoisotopic (exact) mass is 334 g/mol. The summed E-state index contributed by atoms with van der Waals surface area (Å²) in [6, 6.07) is 19.7. The fourth-order valence-electron chi connectivity index (χ4n) is 2.67. The first-order valence-electron chi connectivity index (χ1n) is 7.97. The molecule has 0 aliphatic heterocycles. The summed E-state index contributed by atoms with van der Waals surface area (Å²) < 4.78 is 10.5. The number of hydrogen-bond acceptors (Lipinski definition) is 4. The van der Waals surface area contributed by atoms with E-state index in [4.69, 9.17) is 9.47 Å². The van der Waals surface area contributed by atoms with E-state index in [9.17, 15) is 9.59 Å². The molecule has 25 heavy (non-hydrogen) atoms. The van der Waals surface area contributed by atoms with Gasteiger partial charge in [0.25, 0.3) is 0 Å². The lowest BCUT2D eigenvalue weighted by atomic mass is 10.0. The molecule has 3 aromatic rings. The van der Waals surface area contributed by atoms with Crippen molar-refractivity contribution in [1.82, 2.24) is 0 Å². The van der Waals surface area contributed by atoms with E-state index >= 15 is 0 Å². The van der Waals surface area contributed by atoms with Gasteiger partial charge >= 0.3 is 5.97 Å². The zero-order chi connectivity index (χ0) is 17.8. The molecule has 4 nitrogen and oxygen atoms in total. The summed E-state index contributed by atoms with van der Waals surface area (Å²) >= 11 is 0. The summed E-state index contributed by atoms with van der Waals surface area (Å²) in [5.41, 5.74) is 0.923. The number of esters is 1. The summed E-state index contributed by atoms with van der Waals surface area (Å²) in [7, 11) is 1.56. The first-order chi connectivity index (χ1) is 12.1. The Labute approximate surface area is 146 Å². The Hall–Kier alpha value is -3.14. The molecule has 0 fully saturated rings. The fraction of sp³-hybridized carbons (Fsp3) is 0.143. The van der Waals surface area contributed by atoms with Crippen LogP contribution in [0, 0.1) is 0 Å². The Morgan fingerprint density at radius 2 is 1.56 bits per heavy atom. The highest BCUT2D eigenvalue weighted by Crippen LogP contribution is 2.20. The van der Waals surface area contributed by atoms with Crippen molar-refractivity contribution in [2.24, 2.45) is 0 Å². The van der Waals surface area contributed by atoms with E-state index in [2.05, 4.69) is 0 Å². The van der Waals surface area contributed by atoms with Gasteiger partial charge in [-0.05, 0) is 48.0 Å². The Balaban J connectivity index is 1.78. The molecule has 0 aromatic heterocycles. The molecule has 0 saturated carbocycles. The normalized spacial score (nSPS) is 11.8. The van der Waals surface area contributed by atoms with E-state index in [1.165, 1.54) is 0 Å². The zero-order valence-corrected chi connectivity index (χ0v) is 14.1. The van der Waals surface area contributed by atoms with Crippen LogP contribution in [0.2, 0.25) is 0 Å². The van der Waals surface area contributed by atoms with Gasteiger partial charge in [-0.15, -0.1) is 0 Å². The third-order valence-corrected chi connectivity index (χ3v) is 4.04. The molecule has 0 unspecified atom stereocenters. The van der Waals surface area contributed by atoms with Gasteiger partial charge in [0.15, 0.2) is 6.10 Å². The van der Waals surface area contributed by atoms with Crippen molar-refractivity contribution in [3.8, 4) is 5.75 Å². The standard InChI is InChI=1S/C21H18O4/c1-14(20(22)16-10-12-17(24-2)13-11-16)25-21(23)19-9-5-7-15-6-3-4-8-18(15)19/h3-14H,1-2H3/t14-/m0/s1. The van der Waals surface area contributed by atoms with Gasteiger partial charge in [0.2, 0.25) is 5.78 Å². The van der Waals surface area contributed by atoms with Gasteiger partial charge in [0, 0.05) is 5.56 Å². The molecular weight excluding hydrogens is 316 g/mol. The van der Waals surface area contributed by atoms with Crippen molar-refractivity contribution < 1.29 is 19.1 Å². The van der Waals surface area contributed by atoms with Gasteiger partial charge in [0.05, 0.1) is 12.7 Å². The number of ether oxygens (including phenoxy) is 2. The number of fused-ring (bicyclic) bond motifs is 1. The van der Waals surface area contributed by atoms with Crippen LogP contribution >= 0.6 is 0 Å². The highest BCUT2D eigenvalue weighted by Gasteiger charge is 2.21. The maximum atomic E-state index is 12.5. The quantitative estimate of drug-likeness (QED) is 0.516. The van der Waals surface area contributed by atoms with Crippen LogP contribution in [0.4, 0.5) is 0 Å². The number of rotatable bonds is 5. The van der Waals surface area contributed by atoms with E-state index in [1.54, 1.807) is 50.4 Å². The van der Waals surface area contributed by atoms with Gasteiger partial charge in [-0.3, -0.25) is 4.79 Å². The molecule has 0 spiro atoms. The molecule has 0 aliphatic rings. The Morgan fingerprint density at radius 1 is 0.880 bits per heavy atom. The molecular formula is C21H18O4. The lowest BCUT2D eigenvalue weighted by Gasteiger charge is -2.13. The molecule has 3 rings (SSSR count). The third kappa shape index (κ3) is 3.53. The minimum absolute atomic E-state index is 0.253. The Kier molecular flexibility index (Phi) is 4.80. The number of Topliss-reactive ketones (excluding diaryl/α,β-unsaturated/α-hetero) is 1. The number of carbonyl (C=O) groups is 2. The summed E-state index contributed by atoms with van der Waals surface area (Å²) in [6.07, 6.45) is -0.875. The molecule has 0 bridgehead atoms. The van der Waals surface area contributed by atoms with Crippen molar-refractivity contribution in [2.45, 2.75) is 13.0 Å². The van der Waals surface area contributed by atoms with Gasteiger partial charge in [0.1, 0.15) is 5.75 Å². The molecule has 0 heterocycles. The topological polar surface area (TPSA) is 52.6 Å². The van der Waals surface area contributed by atoms with E-state index in [-0.39, 0.29) is 5.78 Å². The minimum Gasteiger partial charge on any atom is -0.497 e. The number of methoxy groups -OCH3 is 1. The fourth-order valence-corrected chi connectivity index (χ4v) is 2.67. The van der Waals surface area contributed by atoms with Gasteiger partial charge < -0.3 is 9.47 Å². The van der Waals surface area contributed by atoms with E-state index in [0.29, 0.717) is 16.9 Å². The van der Waals surface area contributed by atoms with E-state index in [1.807, 2.05) is 30.3 Å². The predicted molar refractivity (Wildman–Crippen MR) is 96.2 cm³/mol. The van der Waals surface area contributed by atoms with Gasteiger partial charge in [-0.1, -0.05) is 36.4 Å². The first-order valence-corrected chi connectivity index (χ1v) is 7.97. The maximum absolute atomic E-state index is 12.5. The molecule has 0 N–H and O–H groups in total. The molecule has 3 aromatic carbocycles. The predicted octanol–water partition coefficient (Wildman–Crippen LogP) is 4.28. The highest BCUT2D eigenvalue weighted by atomic mass is 16.5. The number of carbonyl (C=O) groups excluding carboxylic acids is 2. The second kappa shape index (κ2) is 7.18. The molecule has 0 radical (unpaired) electrons. The second-order valence-electron chi connectivity index (χ2n) is 5.67. The number of benzene rings is 3. The molecule has 4 heteroatoms. The Bertz CT molecular complexity index is 907. The first kappa shape index (κ1) is 16.7. The average molecular weight is 334 g/mol. The van der Waals surface area contributed by atoms with Crippen molar-refractivity contribution in [1.29, 1.82) is 0 Å². The molecule has 0 amide bonds. The lowest BCUT2D eigenvalue weighted by molar-refractivity contribution is 0.0320. The van der Waals surface area contributed by atoms with Crippen molar-refractivity contribution in [3.63, 3.8) is 0 Å². The van der Waals surface area contributed by atoms with E-state index < -0.39 is 12.1 Å². The van der Waals surface area contributed by atoms with Crippen LogP contribution < -0.4 is 4.74 Å². The smallest absolute Gasteiger partial charge is 0.339 e. The Morgan fingerprint density at radius 3 is 2.28 bits per heavy atom.